The van der Waals surface area contributed by atoms with Crippen LogP contribution in [-0.2, 0) is 0 Å². The summed E-state index contributed by atoms with van der Waals surface area (Å²) in [7, 11) is 0. The molecule has 0 aliphatic rings. The van der Waals surface area contributed by atoms with E-state index in [1.165, 1.54) is 0 Å². The molecule has 2 heterocycles. The van der Waals surface area contributed by atoms with Crippen LogP contribution < -0.4 is 0 Å². The van der Waals surface area contributed by atoms with Crippen LogP contribution in [0.3, 0.4) is 0 Å². The zero-order valence-electron chi connectivity index (χ0n) is 6.57. The molecule has 0 saturated carbocycles. The SMILES string of the molecule is Cc1cn2nc(C)cc2cn1. The van der Waals surface area contributed by atoms with E-state index >= 15 is 0 Å². The Hall–Kier alpha value is -1.38. The zero-order chi connectivity index (χ0) is 7.84. The number of fused-ring (bicyclic) bond motifs is 1. The minimum absolute atomic E-state index is 0.987. The number of aromatic nitrogens is 3. The summed E-state index contributed by atoms with van der Waals surface area (Å²) in [5.41, 5.74) is 3.06. The Balaban J connectivity index is 2.82. The predicted octanol–water partition coefficient (Wildman–Crippen LogP) is 1.35. The lowest BCUT2D eigenvalue weighted by Crippen LogP contribution is -1.90. The second-order valence-corrected chi connectivity index (χ2v) is 2.68. The standard InChI is InChI=1S/C8H9N3/c1-6-3-8-4-9-7(2)5-11(8)10-6/h3-5H,1-2H3. The van der Waals surface area contributed by atoms with Gasteiger partial charge in [0.2, 0.25) is 0 Å². The summed E-state index contributed by atoms with van der Waals surface area (Å²) in [6, 6.07) is 2.01. The normalized spacial score (nSPS) is 10.7. The van der Waals surface area contributed by atoms with Crippen LogP contribution in [-0.4, -0.2) is 14.6 Å². The van der Waals surface area contributed by atoms with Crippen LogP contribution in [0, 0.1) is 13.8 Å². The molecule has 0 spiro atoms. The van der Waals surface area contributed by atoms with Crippen molar-refractivity contribution in [1.29, 1.82) is 0 Å². The molecule has 0 aliphatic heterocycles. The number of aryl methyl sites for hydroxylation is 2. The predicted molar refractivity (Wildman–Crippen MR) is 42.5 cm³/mol. The van der Waals surface area contributed by atoms with Gasteiger partial charge >= 0.3 is 0 Å². The Bertz CT molecular complexity index is 389. The highest BCUT2D eigenvalue weighted by molar-refractivity contribution is 5.44. The maximum absolute atomic E-state index is 4.25. The molecular formula is C8H9N3. The molecule has 0 bridgehead atoms. The zero-order valence-corrected chi connectivity index (χ0v) is 6.57. The van der Waals surface area contributed by atoms with Crippen molar-refractivity contribution in [3.05, 3.63) is 29.8 Å². The molecule has 11 heavy (non-hydrogen) atoms. The van der Waals surface area contributed by atoms with Crippen molar-refractivity contribution < 1.29 is 0 Å². The van der Waals surface area contributed by atoms with Crippen molar-refractivity contribution in [3.8, 4) is 0 Å². The van der Waals surface area contributed by atoms with Gasteiger partial charge in [0.15, 0.2) is 0 Å². The molecule has 3 heteroatoms. The average molecular weight is 147 g/mol. The minimum atomic E-state index is 0.987. The van der Waals surface area contributed by atoms with Gasteiger partial charge in [-0.1, -0.05) is 0 Å². The number of nitrogens with zero attached hydrogens (tertiary/aromatic N) is 3. The molecule has 0 N–H and O–H groups in total. The fourth-order valence-corrected chi connectivity index (χ4v) is 1.11. The van der Waals surface area contributed by atoms with Crippen molar-refractivity contribution in [2.75, 3.05) is 0 Å². The highest BCUT2D eigenvalue weighted by Gasteiger charge is 1.95. The molecule has 0 aromatic carbocycles. The fourth-order valence-electron chi connectivity index (χ4n) is 1.11. The Labute approximate surface area is 64.7 Å². The molecule has 2 aromatic rings. The van der Waals surface area contributed by atoms with Gasteiger partial charge in [0, 0.05) is 0 Å². The monoisotopic (exact) mass is 147 g/mol. The van der Waals surface area contributed by atoms with Gasteiger partial charge in [-0.2, -0.15) is 5.10 Å². The van der Waals surface area contributed by atoms with Gasteiger partial charge in [-0.15, -0.1) is 0 Å². The van der Waals surface area contributed by atoms with Crippen LogP contribution in [0.15, 0.2) is 18.5 Å². The maximum atomic E-state index is 4.25. The summed E-state index contributed by atoms with van der Waals surface area (Å²) < 4.78 is 1.84. The smallest absolute Gasteiger partial charge is 0.0847 e. The van der Waals surface area contributed by atoms with Gasteiger partial charge in [-0.05, 0) is 19.9 Å². The average Bonchev–Trinajstić information content (AvgIpc) is 2.27. The van der Waals surface area contributed by atoms with Crippen LogP contribution in [0.5, 0.6) is 0 Å². The molecule has 2 rings (SSSR count). The first-order chi connectivity index (χ1) is 5.25. The second kappa shape index (κ2) is 2.05. The third-order valence-electron chi connectivity index (χ3n) is 1.60. The van der Waals surface area contributed by atoms with E-state index in [9.17, 15) is 0 Å². The summed E-state index contributed by atoms with van der Waals surface area (Å²) in [6.45, 7) is 3.93. The van der Waals surface area contributed by atoms with Crippen molar-refractivity contribution in [2.24, 2.45) is 0 Å². The van der Waals surface area contributed by atoms with E-state index in [1.54, 1.807) is 0 Å². The third kappa shape index (κ3) is 0.981. The molecule has 0 radical (unpaired) electrons. The number of hydrogen-bond acceptors (Lipinski definition) is 2. The lowest BCUT2D eigenvalue weighted by molar-refractivity contribution is 0.908. The van der Waals surface area contributed by atoms with Gasteiger partial charge in [-0.3, -0.25) is 4.98 Å². The Kier molecular flexibility index (Phi) is 1.18. The molecule has 0 amide bonds. The van der Waals surface area contributed by atoms with Gasteiger partial charge < -0.3 is 0 Å². The lowest BCUT2D eigenvalue weighted by Gasteiger charge is -1.92. The molecule has 56 valence electrons. The van der Waals surface area contributed by atoms with E-state index < -0.39 is 0 Å². The van der Waals surface area contributed by atoms with E-state index in [4.69, 9.17) is 0 Å². The molecule has 0 unspecified atom stereocenters. The Morgan fingerprint density at radius 2 is 2.09 bits per heavy atom. The van der Waals surface area contributed by atoms with Gasteiger partial charge in [0.05, 0.1) is 29.3 Å². The highest BCUT2D eigenvalue weighted by atomic mass is 15.2. The second-order valence-electron chi connectivity index (χ2n) is 2.68. The van der Waals surface area contributed by atoms with Gasteiger partial charge in [0.1, 0.15) is 0 Å². The molecule has 0 fully saturated rings. The molecule has 3 nitrogen and oxygen atoms in total. The van der Waals surface area contributed by atoms with Crippen LogP contribution in [0.4, 0.5) is 0 Å². The third-order valence-corrected chi connectivity index (χ3v) is 1.60. The summed E-state index contributed by atoms with van der Waals surface area (Å²) in [6.07, 6.45) is 3.75. The summed E-state index contributed by atoms with van der Waals surface area (Å²) in [4.78, 5) is 4.16. The number of rotatable bonds is 0. The Morgan fingerprint density at radius 1 is 1.27 bits per heavy atom. The largest absolute Gasteiger partial charge is 0.258 e. The van der Waals surface area contributed by atoms with E-state index in [2.05, 4.69) is 10.1 Å². The molecule has 2 aromatic heterocycles. The fraction of sp³-hybridized carbons (Fsp3) is 0.250. The van der Waals surface area contributed by atoms with Crippen molar-refractivity contribution in [1.82, 2.24) is 14.6 Å². The first kappa shape index (κ1) is 6.34. The maximum Gasteiger partial charge on any atom is 0.0847 e. The van der Waals surface area contributed by atoms with Crippen LogP contribution in [0.25, 0.3) is 5.52 Å². The topological polar surface area (TPSA) is 30.2 Å². The van der Waals surface area contributed by atoms with Gasteiger partial charge in [0.25, 0.3) is 0 Å². The first-order valence-electron chi connectivity index (χ1n) is 3.54. The van der Waals surface area contributed by atoms with Crippen molar-refractivity contribution in [2.45, 2.75) is 13.8 Å². The van der Waals surface area contributed by atoms with E-state index in [1.807, 2.05) is 36.8 Å². The van der Waals surface area contributed by atoms with E-state index in [-0.39, 0.29) is 0 Å². The molecule has 0 atom stereocenters. The summed E-state index contributed by atoms with van der Waals surface area (Å²) in [5, 5.41) is 4.25. The van der Waals surface area contributed by atoms with Crippen LogP contribution in [0.2, 0.25) is 0 Å². The molecule has 0 saturated heterocycles. The Morgan fingerprint density at radius 3 is 2.91 bits per heavy atom. The molecular weight excluding hydrogens is 138 g/mol. The van der Waals surface area contributed by atoms with Crippen LogP contribution >= 0.6 is 0 Å². The van der Waals surface area contributed by atoms with E-state index in [0.717, 1.165) is 16.9 Å². The summed E-state index contributed by atoms with van der Waals surface area (Å²) in [5.74, 6) is 0. The highest BCUT2D eigenvalue weighted by Crippen LogP contribution is 2.03. The van der Waals surface area contributed by atoms with Gasteiger partial charge in [-0.25, -0.2) is 4.52 Å². The molecule has 0 aliphatic carbocycles. The first-order valence-corrected chi connectivity index (χ1v) is 3.54. The van der Waals surface area contributed by atoms with E-state index in [0.29, 0.717) is 0 Å². The number of hydrogen-bond donors (Lipinski definition) is 0. The van der Waals surface area contributed by atoms with Crippen LogP contribution in [0.1, 0.15) is 11.4 Å². The summed E-state index contributed by atoms with van der Waals surface area (Å²) >= 11 is 0. The van der Waals surface area contributed by atoms with Crippen molar-refractivity contribution >= 4 is 5.52 Å². The lowest BCUT2D eigenvalue weighted by atomic mass is 10.4. The minimum Gasteiger partial charge on any atom is -0.258 e. The quantitative estimate of drug-likeness (QED) is 0.563. The van der Waals surface area contributed by atoms with Crippen molar-refractivity contribution in [3.63, 3.8) is 0 Å².